The molecule has 5 nitrogen and oxygen atoms in total. The summed E-state index contributed by atoms with van der Waals surface area (Å²) in [6.45, 7) is 3.67. The van der Waals surface area contributed by atoms with Crippen LogP contribution in [0.3, 0.4) is 0 Å². The second-order valence-electron chi connectivity index (χ2n) is 2.78. The van der Waals surface area contributed by atoms with Crippen LogP contribution in [-0.4, -0.2) is 18.4 Å². The van der Waals surface area contributed by atoms with E-state index in [0.717, 1.165) is 0 Å². The summed E-state index contributed by atoms with van der Waals surface area (Å²) in [5.41, 5.74) is 0.380. The van der Waals surface area contributed by atoms with E-state index in [1.165, 1.54) is 6.20 Å². The van der Waals surface area contributed by atoms with E-state index in [0.29, 0.717) is 11.5 Å². The molecule has 0 bridgehead atoms. The lowest BCUT2D eigenvalue weighted by molar-refractivity contribution is -0.138. The second-order valence-corrected chi connectivity index (χ2v) is 2.78. The quantitative estimate of drug-likeness (QED) is 0.412. The van der Waals surface area contributed by atoms with Gasteiger partial charge in [-0.05, 0) is 19.9 Å². The van der Waals surface area contributed by atoms with Crippen molar-refractivity contribution in [2.75, 3.05) is 6.61 Å². The summed E-state index contributed by atoms with van der Waals surface area (Å²) in [6.07, 6.45) is 3.08. The molecule has 1 aliphatic heterocycles. The molecule has 0 saturated carbocycles. The molecule has 1 rings (SSSR count). The minimum Gasteiger partial charge on any atom is -0.462 e. The van der Waals surface area contributed by atoms with Gasteiger partial charge in [-0.15, -0.1) is 0 Å². The SMILES string of the molecule is CCOC(=O)/C(C#N)=C1/C=CN=C(C)N1. The number of nitrogens with zero attached hydrogens (tertiary/aromatic N) is 2. The highest BCUT2D eigenvalue weighted by Crippen LogP contribution is 2.08. The van der Waals surface area contributed by atoms with E-state index in [4.69, 9.17) is 10.00 Å². The topological polar surface area (TPSA) is 74.5 Å². The summed E-state index contributed by atoms with van der Waals surface area (Å²) < 4.78 is 4.75. The van der Waals surface area contributed by atoms with Gasteiger partial charge in [-0.25, -0.2) is 9.79 Å². The van der Waals surface area contributed by atoms with Gasteiger partial charge in [-0.1, -0.05) is 0 Å². The lowest BCUT2D eigenvalue weighted by atomic mass is 10.2. The number of amidine groups is 1. The highest BCUT2D eigenvalue weighted by molar-refractivity contribution is 5.96. The first-order valence-corrected chi connectivity index (χ1v) is 4.48. The van der Waals surface area contributed by atoms with Gasteiger partial charge in [0.25, 0.3) is 0 Å². The van der Waals surface area contributed by atoms with E-state index in [1.807, 2.05) is 6.07 Å². The van der Waals surface area contributed by atoms with Crippen LogP contribution < -0.4 is 5.32 Å². The van der Waals surface area contributed by atoms with E-state index in [1.54, 1.807) is 19.9 Å². The second kappa shape index (κ2) is 4.96. The summed E-state index contributed by atoms with van der Waals surface area (Å²) >= 11 is 0. The highest BCUT2D eigenvalue weighted by Gasteiger charge is 2.16. The maximum atomic E-state index is 11.4. The van der Waals surface area contributed by atoms with E-state index < -0.39 is 5.97 Å². The molecular formula is C10H11N3O2. The van der Waals surface area contributed by atoms with Crippen molar-refractivity contribution >= 4 is 11.8 Å². The summed E-state index contributed by atoms with van der Waals surface area (Å²) in [5.74, 6) is 0.00592. The Bertz CT molecular complexity index is 399. The maximum Gasteiger partial charge on any atom is 0.351 e. The number of esters is 1. The monoisotopic (exact) mass is 205 g/mol. The third kappa shape index (κ3) is 2.68. The first kappa shape index (κ1) is 11.0. The predicted molar refractivity (Wildman–Crippen MR) is 54.7 cm³/mol. The largest absolute Gasteiger partial charge is 0.462 e. The summed E-state index contributed by atoms with van der Waals surface area (Å²) in [7, 11) is 0. The Morgan fingerprint density at radius 3 is 3.00 bits per heavy atom. The van der Waals surface area contributed by atoms with Crippen LogP contribution in [-0.2, 0) is 9.53 Å². The Balaban J connectivity index is 2.96. The van der Waals surface area contributed by atoms with Gasteiger partial charge < -0.3 is 10.1 Å². The Kier molecular flexibility index (Phi) is 3.63. The van der Waals surface area contributed by atoms with E-state index in [9.17, 15) is 4.79 Å². The molecule has 0 aromatic heterocycles. The molecule has 1 aliphatic rings. The number of carbonyl (C=O) groups excluding carboxylic acids is 1. The van der Waals surface area contributed by atoms with Gasteiger partial charge in [0, 0.05) is 6.20 Å². The fourth-order valence-corrected chi connectivity index (χ4v) is 1.06. The molecule has 0 aromatic carbocycles. The predicted octanol–water partition coefficient (Wildman–Crippen LogP) is 0.862. The molecule has 78 valence electrons. The number of nitriles is 1. The van der Waals surface area contributed by atoms with Crippen molar-refractivity contribution in [3.05, 3.63) is 23.5 Å². The Hall–Kier alpha value is -2.09. The number of hydrogen-bond donors (Lipinski definition) is 1. The molecule has 0 radical (unpaired) electrons. The zero-order chi connectivity index (χ0) is 11.3. The summed E-state index contributed by atoms with van der Waals surface area (Å²) in [5, 5.41) is 11.7. The normalized spacial score (nSPS) is 17.3. The fourth-order valence-electron chi connectivity index (χ4n) is 1.06. The average Bonchev–Trinajstić information content (AvgIpc) is 2.19. The van der Waals surface area contributed by atoms with Crippen molar-refractivity contribution in [1.29, 1.82) is 5.26 Å². The molecule has 0 unspecified atom stereocenters. The molecular weight excluding hydrogens is 194 g/mol. The highest BCUT2D eigenvalue weighted by atomic mass is 16.5. The van der Waals surface area contributed by atoms with Gasteiger partial charge in [-0.2, -0.15) is 5.26 Å². The van der Waals surface area contributed by atoms with Crippen LogP contribution in [0.5, 0.6) is 0 Å². The first-order chi connectivity index (χ1) is 7.19. The van der Waals surface area contributed by atoms with E-state index in [-0.39, 0.29) is 12.2 Å². The minimum absolute atomic E-state index is 0.0395. The van der Waals surface area contributed by atoms with Crippen molar-refractivity contribution in [2.24, 2.45) is 4.99 Å². The number of nitrogens with one attached hydrogen (secondary N) is 1. The van der Waals surface area contributed by atoms with Crippen molar-refractivity contribution in [1.82, 2.24) is 5.32 Å². The summed E-state index contributed by atoms with van der Waals surface area (Å²) in [6, 6.07) is 1.81. The van der Waals surface area contributed by atoms with Gasteiger partial charge in [0.05, 0.1) is 12.3 Å². The zero-order valence-electron chi connectivity index (χ0n) is 8.57. The minimum atomic E-state index is -0.623. The Morgan fingerprint density at radius 2 is 2.47 bits per heavy atom. The van der Waals surface area contributed by atoms with Crippen LogP contribution in [0, 0.1) is 11.3 Å². The number of hydrogen-bond acceptors (Lipinski definition) is 5. The molecule has 15 heavy (non-hydrogen) atoms. The van der Waals surface area contributed by atoms with Crippen LogP contribution >= 0.6 is 0 Å². The average molecular weight is 205 g/mol. The smallest absolute Gasteiger partial charge is 0.351 e. The lowest BCUT2D eigenvalue weighted by Crippen LogP contribution is -2.24. The van der Waals surface area contributed by atoms with Gasteiger partial charge in [0.1, 0.15) is 11.9 Å². The van der Waals surface area contributed by atoms with Gasteiger partial charge in [-0.3, -0.25) is 0 Å². The van der Waals surface area contributed by atoms with Crippen molar-refractivity contribution in [3.63, 3.8) is 0 Å². The molecule has 5 heteroatoms. The molecule has 0 aromatic rings. The molecule has 0 atom stereocenters. The Morgan fingerprint density at radius 1 is 1.73 bits per heavy atom. The van der Waals surface area contributed by atoms with E-state index >= 15 is 0 Å². The van der Waals surface area contributed by atoms with Crippen molar-refractivity contribution in [3.8, 4) is 6.07 Å². The third-order valence-electron chi connectivity index (χ3n) is 1.69. The molecule has 0 fully saturated rings. The number of allylic oxidation sites excluding steroid dienone is 1. The first-order valence-electron chi connectivity index (χ1n) is 4.48. The fraction of sp³-hybridized carbons (Fsp3) is 0.300. The van der Waals surface area contributed by atoms with Crippen LogP contribution in [0.15, 0.2) is 28.5 Å². The van der Waals surface area contributed by atoms with Gasteiger partial charge in [0.2, 0.25) is 0 Å². The standard InChI is InChI=1S/C10H11N3O2/c1-3-15-10(14)8(6-11)9-4-5-12-7(2)13-9/h4-5H,3H2,1-2H3,(H,12,13)/b9-8-. The number of aliphatic imine (C=N–C) groups is 1. The molecule has 0 aliphatic carbocycles. The lowest BCUT2D eigenvalue weighted by Gasteiger charge is -2.11. The summed E-state index contributed by atoms with van der Waals surface area (Å²) in [4.78, 5) is 15.3. The molecule has 0 amide bonds. The van der Waals surface area contributed by atoms with Crippen molar-refractivity contribution < 1.29 is 9.53 Å². The van der Waals surface area contributed by atoms with Crippen LogP contribution in [0.2, 0.25) is 0 Å². The van der Waals surface area contributed by atoms with Crippen molar-refractivity contribution in [2.45, 2.75) is 13.8 Å². The molecule has 1 heterocycles. The van der Waals surface area contributed by atoms with Crippen LogP contribution in [0.25, 0.3) is 0 Å². The van der Waals surface area contributed by atoms with Crippen LogP contribution in [0.1, 0.15) is 13.8 Å². The molecule has 1 N–H and O–H groups in total. The molecule has 0 saturated heterocycles. The number of ether oxygens (including phenoxy) is 1. The van der Waals surface area contributed by atoms with E-state index in [2.05, 4.69) is 10.3 Å². The van der Waals surface area contributed by atoms with Gasteiger partial charge >= 0.3 is 5.97 Å². The number of carbonyl (C=O) groups is 1. The maximum absolute atomic E-state index is 11.4. The van der Waals surface area contributed by atoms with Gasteiger partial charge in [0.15, 0.2) is 5.57 Å². The van der Waals surface area contributed by atoms with Crippen LogP contribution in [0.4, 0.5) is 0 Å². The zero-order valence-corrected chi connectivity index (χ0v) is 8.57. The Labute approximate surface area is 87.8 Å². The third-order valence-corrected chi connectivity index (χ3v) is 1.69. The molecule has 0 spiro atoms. The number of rotatable bonds is 2.